The van der Waals surface area contributed by atoms with Crippen molar-refractivity contribution in [2.75, 3.05) is 0 Å². The van der Waals surface area contributed by atoms with E-state index in [1.807, 2.05) is 0 Å². The Labute approximate surface area is 109 Å². The molecule has 0 aliphatic heterocycles. The van der Waals surface area contributed by atoms with Crippen LogP contribution in [0.2, 0.25) is 0 Å². The Morgan fingerprint density at radius 3 is 1.44 bits per heavy atom. The van der Waals surface area contributed by atoms with Gasteiger partial charge in [0, 0.05) is 10.5 Å². The minimum Gasteiger partial charge on any atom is -0.311 e. The molecule has 2 saturated carbocycles. The molecule has 1 nitrogen and oxygen atoms in total. The van der Waals surface area contributed by atoms with Crippen molar-refractivity contribution in [2.45, 2.75) is 79.4 Å². The van der Waals surface area contributed by atoms with Crippen LogP contribution in [0.25, 0.3) is 0 Å². The fourth-order valence-electron chi connectivity index (χ4n) is 2.81. The molecule has 2 N–H and O–H groups in total. The van der Waals surface area contributed by atoms with E-state index in [0.717, 1.165) is 10.5 Å². The molecule has 0 aromatic carbocycles. The van der Waals surface area contributed by atoms with Gasteiger partial charge in [-0.3, -0.25) is 0 Å². The van der Waals surface area contributed by atoms with Crippen molar-refractivity contribution in [3.8, 4) is 0 Å². The Kier molecular flexibility index (Phi) is 5.87. The highest BCUT2D eigenvalue weighted by molar-refractivity contribution is 8.17. The molecular weight excluding hydrogens is 234 g/mol. The van der Waals surface area contributed by atoms with Crippen LogP contribution in [0.15, 0.2) is 0 Å². The van der Waals surface area contributed by atoms with Gasteiger partial charge in [-0.2, -0.15) is 0 Å². The number of hydrogen-bond donors (Lipinski definition) is 1. The lowest BCUT2D eigenvalue weighted by Crippen LogP contribution is -2.22. The van der Waals surface area contributed by atoms with E-state index in [9.17, 15) is 0 Å². The zero-order chi connectivity index (χ0) is 11.2. The summed E-state index contributed by atoms with van der Waals surface area (Å²) in [5.41, 5.74) is 6.26. The van der Waals surface area contributed by atoms with Crippen molar-refractivity contribution in [3.63, 3.8) is 0 Å². The van der Waals surface area contributed by atoms with Crippen molar-refractivity contribution in [1.29, 1.82) is 0 Å². The smallest absolute Gasteiger partial charge is 0.0982 e. The third-order valence-corrected chi connectivity index (χ3v) is 6.67. The zero-order valence-corrected chi connectivity index (χ0v) is 11.8. The van der Waals surface area contributed by atoms with Gasteiger partial charge in [0.15, 0.2) is 0 Å². The zero-order valence-electron chi connectivity index (χ0n) is 10.2. The van der Waals surface area contributed by atoms with Gasteiger partial charge in [0.05, 0.1) is 4.71 Å². The predicted octanol–water partition coefficient (Wildman–Crippen LogP) is 4.36. The summed E-state index contributed by atoms with van der Waals surface area (Å²) in [6.45, 7) is 0. The van der Waals surface area contributed by atoms with Gasteiger partial charge < -0.3 is 5.73 Å². The van der Waals surface area contributed by atoms with Crippen LogP contribution in [0.3, 0.4) is 0 Å². The number of nitrogens with two attached hydrogens (primary N) is 1. The van der Waals surface area contributed by atoms with E-state index < -0.39 is 0 Å². The van der Waals surface area contributed by atoms with Gasteiger partial charge in [-0.1, -0.05) is 38.5 Å². The normalized spacial score (nSPS) is 25.1. The molecule has 3 heteroatoms. The maximum Gasteiger partial charge on any atom is 0.0982 e. The highest BCUT2D eigenvalue weighted by atomic mass is 32.2. The van der Waals surface area contributed by atoms with Crippen LogP contribution in [0.4, 0.5) is 0 Å². The van der Waals surface area contributed by atoms with Crippen LogP contribution in [0, 0.1) is 0 Å². The predicted molar refractivity (Wildman–Crippen MR) is 76.9 cm³/mol. The Balaban J connectivity index is 1.64. The first-order valence-electron chi connectivity index (χ1n) is 6.91. The summed E-state index contributed by atoms with van der Waals surface area (Å²) in [5.74, 6) is 0. The summed E-state index contributed by atoms with van der Waals surface area (Å²) in [7, 11) is 0. The molecule has 0 atom stereocenters. The van der Waals surface area contributed by atoms with Crippen molar-refractivity contribution >= 4 is 23.5 Å². The highest BCUT2D eigenvalue weighted by Gasteiger charge is 2.21. The molecular formula is C13H25NS2. The minimum absolute atomic E-state index is 0.339. The molecule has 2 aliphatic carbocycles. The molecule has 0 spiro atoms. The third kappa shape index (κ3) is 4.50. The van der Waals surface area contributed by atoms with Gasteiger partial charge in [-0.25, -0.2) is 0 Å². The quantitative estimate of drug-likeness (QED) is 0.760. The first-order chi connectivity index (χ1) is 7.84. The van der Waals surface area contributed by atoms with E-state index in [-0.39, 0.29) is 0 Å². The maximum atomic E-state index is 6.26. The molecule has 0 radical (unpaired) electrons. The third-order valence-electron chi connectivity index (χ3n) is 3.76. The number of hydrogen-bond acceptors (Lipinski definition) is 3. The molecule has 0 bridgehead atoms. The monoisotopic (exact) mass is 259 g/mol. The van der Waals surface area contributed by atoms with Crippen molar-refractivity contribution < 1.29 is 0 Å². The van der Waals surface area contributed by atoms with Crippen LogP contribution >= 0.6 is 23.5 Å². The molecule has 0 heterocycles. The van der Waals surface area contributed by atoms with E-state index in [0.29, 0.717) is 4.71 Å². The molecule has 0 saturated heterocycles. The van der Waals surface area contributed by atoms with E-state index in [1.165, 1.54) is 64.2 Å². The van der Waals surface area contributed by atoms with Crippen LogP contribution in [-0.2, 0) is 0 Å². The van der Waals surface area contributed by atoms with E-state index in [1.54, 1.807) is 0 Å². The molecule has 16 heavy (non-hydrogen) atoms. The second-order valence-corrected chi connectivity index (χ2v) is 8.35. The van der Waals surface area contributed by atoms with Gasteiger partial charge in [-0.15, -0.1) is 23.5 Å². The van der Waals surface area contributed by atoms with Gasteiger partial charge in [0.1, 0.15) is 0 Å². The Morgan fingerprint density at radius 2 is 1.06 bits per heavy atom. The molecule has 2 fully saturated rings. The molecule has 2 aliphatic rings. The molecule has 0 unspecified atom stereocenters. The van der Waals surface area contributed by atoms with Gasteiger partial charge in [0.25, 0.3) is 0 Å². The van der Waals surface area contributed by atoms with Gasteiger partial charge >= 0.3 is 0 Å². The topological polar surface area (TPSA) is 26.0 Å². The SMILES string of the molecule is NC(SC1CCCCC1)SC1CCCCC1. The fourth-order valence-corrected chi connectivity index (χ4v) is 5.98. The maximum absolute atomic E-state index is 6.26. The summed E-state index contributed by atoms with van der Waals surface area (Å²) in [6.07, 6.45) is 14.2. The largest absolute Gasteiger partial charge is 0.311 e. The van der Waals surface area contributed by atoms with Crippen molar-refractivity contribution in [3.05, 3.63) is 0 Å². The average molecular weight is 259 g/mol. The van der Waals surface area contributed by atoms with Crippen LogP contribution in [-0.4, -0.2) is 15.2 Å². The lowest BCUT2D eigenvalue weighted by Gasteiger charge is -2.27. The fraction of sp³-hybridized carbons (Fsp3) is 1.00. The lowest BCUT2D eigenvalue weighted by atomic mass is 10.0. The summed E-state index contributed by atoms with van der Waals surface area (Å²) in [6, 6.07) is 0. The first-order valence-corrected chi connectivity index (χ1v) is 8.79. The van der Waals surface area contributed by atoms with Crippen LogP contribution < -0.4 is 5.73 Å². The van der Waals surface area contributed by atoms with Gasteiger partial charge in [-0.05, 0) is 25.7 Å². The first kappa shape index (κ1) is 13.1. The molecule has 0 aromatic rings. The van der Waals surface area contributed by atoms with Crippen LogP contribution in [0.5, 0.6) is 0 Å². The number of rotatable bonds is 4. The van der Waals surface area contributed by atoms with E-state index in [4.69, 9.17) is 5.73 Å². The van der Waals surface area contributed by atoms with Crippen molar-refractivity contribution in [1.82, 2.24) is 0 Å². The summed E-state index contributed by atoms with van der Waals surface area (Å²) in [4.78, 5) is 0. The molecule has 94 valence electrons. The Morgan fingerprint density at radius 1 is 0.688 bits per heavy atom. The summed E-state index contributed by atoms with van der Waals surface area (Å²) in [5, 5.41) is 1.72. The Hall–Kier alpha value is 0.660. The second kappa shape index (κ2) is 7.17. The number of thioether (sulfide) groups is 2. The molecule has 0 aromatic heterocycles. The van der Waals surface area contributed by atoms with E-state index >= 15 is 0 Å². The summed E-state index contributed by atoms with van der Waals surface area (Å²) >= 11 is 4.11. The van der Waals surface area contributed by atoms with Gasteiger partial charge in [0.2, 0.25) is 0 Å². The summed E-state index contributed by atoms with van der Waals surface area (Å²) < 4.78 is 0.339. The highest BCUT2D eigenvalue weighted by Crippen LogP contribution is 2.37. The lowest BCUT2D eigenvalue weighted by molar-refractivity contribution is 0.513. The standard InChI is InChI=1S/C13H25NS2/c14-13(15-11-7-3-1-4-8-11)16-12-9-5-2-6-10-12/h11-13H,1-10,14H2. The Bertz CT molecular complexity index is 166. The minimum atomic E-state index is 0.339. The van der Waals surface area contributed by atoms with Crippen molar-refractivity contribution in [2.24, 2.45) is 5.73 Å². The molecule has 2 rings (SSSR count). The second-order valence-electron chi connectivity index (χ2n) is 5.16. The average Bonchev–Trinajstić information content (AvgIpc) is 2.31. The van der Waals surface area contributed by atoms with E-state index in [2.05, 4.69) is 23.5 Å². The van der Waals surface area contributed by atoms with Crippen LogP contribution in [0.1, 0.15) is 64.2 Å². The molecule has 0 amide bonds.